The summed E-state index contributed by atoms with van der Waals surface area (Å²) in [7, 11) is -2.28. The monoisotopic (exact) mass is 394 g/mol. The van der Waals surface area contributed by atoms with E-state index in [0.29, 0.717) is 11.1 Å². The van der Waals surface area contributed by atoms with Crippen molar-refractivity contribution in [2.45, 2.75) is 31.6 Å². The number of nitrogens with one attached hydrogen (secondary N) is 2. The number of amides is 1. The lowest BCUT2D eigenvalue weighted by Crippen LogP contribution is -2.21. The minimum Gasteiger partial charge on any atom is -0.321 e. The van der Waals surface area contributed by atoms with Crippen LogP contribution in [0.5, 0.6) is 0 Å². The van der Waals surface area contributed by atoms with Crippen molar-refractivity contribution in [3.8, 4) is 0 Å². The molecule has 6 heteroatoms. The van der Waals surface area contributed by atoms with E-state index in [4.69, 9.17) is 0 Å². The van der Waals surface area contributed by atoms with Crippen LogP contribution in [0.25, 0.3) is 10.8 Å². The second-order valence-corrected chi connectivity index (χ2v) is 9.04. The molecule has 0 fully saturated rings. The number of hydrogen-bond acceptors (Lipinski definition) is 3. The summed E-state index contributed by atoms with van der Waals surface area (Å²) in [6.45, 7) is 3.55. The van der Waals surface area contributed by atoms with Gasteiger partial charge in [0.25, 0.3) is 5.91 Å². The predicted molar refractivity (Wildman–Crippen MR) is 111 cm³/mol. The molecule has 1 aliphatic rings. The maximum Gasteiger partial charge on any atom is 0.255 e. The number of rotatable bonds is 4. The third-order valence-electron chi connectivity index (χ3n) is 5.57. The van der Waals surface area contributed by atoms with Gasteiger partial charge in [-0.1, -0.05) is 24.3 Å². The van der Waals surface area contributed by atoms with Gasteiger partial charge in [0.15, 0.2) is 0 Å². The Bertz CT molecular complexity index is 1220. The lowest BCUT2D eigenvalue weighted by Gasteiger charge is -2.14. The number of carbonyl (C=O) groups is 1. The summed E-state index contributed by atoms with van der Waals surface area (Å²) in [4.78, 5) is 13.1. The van der Waals surface area contributed by atoms with Gasteiger partial charge in [0.1, 0.15) is 0 Å². The summed E-state index contributed by atoms with van der Waals surface area (Å²) in [5.74, 6) is -0.325. The Morgan fingerprint density at radius 3 is 2.43 bits per heavy atom. The average Bonchev–Trinajstić information content (AvgIpc) is 3.10. The molecule has 0 unspecified atom stereocenters. The van der Waals surface area contributed by atoms with Gasteiger partial charge in [-0.05, 0) is 79.6 Å². The van der Waals surface area contributed by atoms with Crippen LogP contribution in [0.2, 0.25) is 0 Å². The second-order valence-electron chi connectivity index (χ2n) is 7.19. The molecule has 0 heterocycles. The summed E-state index contributed by atoms with van der Waals surface area (Å²) in [5.41, 5.74) is 5.05. The zero-order valence-corrected chi connectivity index (χ0v) is 16.9. The van der Waals surface area contributed by atoms with Crippen LogP contribution in [0.4, 0.5) is 5.69 Å². The molecular formula is C22H22N2O3S. The van der Waals surface area contributed by atoms with Crippen molar-refractivity contribution >= 4 is 32.4 Å². The normalized spacial score (nSPS) is 13.1. The van der Waals surface area contributed by atoms with Gasteiger partial charge in [0, 0.05) is 16.6 Å². The zero-order chi connectivity index (χ0) is 20.1. The van der Waals surface area contributed by atoms with E-state index in [-0.39, 0.29) is 10.8 Å². The highest BCUT2D eigenvalue weighted by molar-refractivity contribution is 7.89. The number of carbonyl (C=O) groups excluding carboxylic acids is 1. The molecule has 0 saturated carbocycles. The largest absolute Gasteiger partial charge is 0.321 e. The smallest absolute Gasteiger partial charge is 0.255 e. The van der Waals surface area contributed by atoms with Gasteiger partial charge in [-0.25, -0.2) is 13.1 Å². The molecule has 1 amide bonds. The summed E-state index contributed by atoms with van der Waals surface area (Å²) >= 11 is 0. The quantitative estimate of drug-likeness (QED) is 0.708. The van der Waals surface area contributed by atoms with Gasteiger partial charge < -0.3 is 5.32 Å². The fraction of sp³-hybridized carbons (Fsp3) is 0.227. The number of hydrogen-bond donors (Lipinski definition) is 2. The molecule has 0 saturated heterocycles. The van der Waals surface area contributed by atoms with E-state index in [1.807, 2.05) is 18.2 Å². The van der Waals surface area contributed by atoms with Crippen molar-refractivity contribution in [1.82, 2.24) is 4.72 Å². The molecule has 0 radical (unpaired) electrons. The van der Waals surface area contributed by atoms with E-state index in [1.165, 1.54) is 29.6 Å². The Morgan fingerprint density at radius 1 is 1.00 bits per heavy atom. The minimum atomic E-state index is -3.65. The molecule has 0 aliphatic heterocycles. The summed E-state index contributed by atoms with van der Waals surface area (Å²) in [6.07, 6.45) is 2.04. The minimum absolute atomic E-state index is 0.126. The van der Waals surface area contributed by atoms with Gasteiger partial charge in [-0.3, -0.25) is 4.79 Å². The number of benzene rings is 3. The zero-order valence-electron chi connectivity index (χ0n) is 16.1. The van der Waals surface area contributed by atoms with Crippen LogP contribution < -0.4 is 10.0 Å². The van der Waals surface area contributed by atoms with E-state index in [0.717, 1.165) is 29.5 Å². The third kappa shape index (κ3) is 2.99. The van der Waals surface area contributed by atoms with Crippen molar-refractivity contribution in [1.29, 1.82) is 0 Å². The number of aryl methyl sites for hydroxylation is 3. The lowest BCUT2D eigenvalue weighted by molar-refractivity contribution is 0.102. The van der Waals surface area contributed by atoms with E-state index in [1.54, 1.807) is 19.9 Å². The molecule has 4 rings (SSSR count). The first-order valence-electron chi connectivity index (χ1n) is 9.21. The second kappa shape index (κ2) is 6.72. The first-order valence-corrected chi connectivity index (χ1v) is 10.7. The van der Waals surface area contributed by atoms with Crippen molar-refractivity contribution in [3.63, 3.8) is 0 Å². The van der Waals surface area contributed by atoms with E-state index in [2.05, 4.69) is 22.2 Å². The van der Waals surface area contributed by atoms with E-state index in [9.17, 15) is 13.2 Å². The van der Waals surface area contributed by atoms with Crippen LogP contribution in [0.3, 0.4) is 0 Å². The van der Waals surface area contributed by atoms with Crippen LogP contribution >= 0.6 is 0 Å². The highest BCUT2D eigenvalue weighted by Crippen LogP contribution is 2.35. The van der Waals surface area contributed by atoms with Crippen molar-refractivity contribution in [3.05, 3.63) is 70.3 Å². The lowest BCUT2D eigenvalue weighted by atomic mass is 10.0. The van der Waals surface area contributed by atoms with Crippen LogP contribution in [-0.4, -0.2) is 21.4 Å². The van der Waals surface area contributed by atoms with Crippen LogP contribution in [0, 0.1) is 13.8 Å². The molecule has 5 nitrogen and oxygen atoms in total. The Hall–Kier alpha value is -2.70. The molecule has 28 heavy (non-hydrogen) atoms. The highest BCUT2D eigenvalue weighted by atomic mass is 32.2. The van der Waals surface area contributed by atoms with Crippen LogP contribution in [0.1, 0.15) is 32.6 Å². The Balaban J connectivity index is 1.76. The molecule has 3 aromatic carbocycles. The standard InChI is InChI=1S/C22H22N2O3S/c1-13-11-17(12-20(14(13)2)28(26,27)23-3)22(25)24-19-10-9-16-8-7-15-5-4-6-18(19)21(15)16/h4-6,9-12,23H,7-8H2,1-3H3,(H,24,25). The van der Waals surface area contributed by atoms with Crippen LogP contribution in [0.15, 0.2) is 47.4 Å². The molecular weight excluding hydrogens is 372 g/mol. The third-order valence-corrected chi connectivity index (χ3v) is 7.11. The molecule has 3 aromatic rings. The van der Waals surface area contributed by atoms with Gasteiger partial charge in [0.2, 0.25) is 10.0 Å². The highest BCUT2D eigenvalue weighted by Gasteiger charge is 2.21. The van der Waals surface area contributed by atoms with Gasteiger partial charge in [-0.2, -0.15) is 0 Å². The fourth-order valence-electron chi connectivity index (χ4n) is 3.90. The molecule has 144 valence electrons. The van der Waals surface area contributed by atoms with E-state index < -0.39 is 10.0 Å². The fourth-order valence-corrected chi connectivity index (χ4v) is 4.96. The first-order chi connectivity index (χ1) is 13.3. The number of sulfonamides is 1. The van der Waals surface area contributed by atoms with Crippen molar-refractivity contribution in [2.24, 2.45) is 0 Å². The van der Waals surface area contributed by atoms with Gasteiger partial charge >= 0.3 is 0 Å². The summed E-state index contributed by atoms with van der Waals surface area (Å²) in [5, 5.41) is 5.21. The Labute approximate surface area is 164 Å². The summed E-state index contributed by atoms with van der Waals surface area (Å²) < 4.78 is 27.0. The Morgan fingerprint density at radius 2 is 1.71 bits per heavy atom. The molecule has 0 bridgehead atoms. The summed E-state index contributed by atoms with van der Waals surface area (Å²) in [6, 6.07) is 13.3. The average molecular weight is 394 g/mol. The maximum absolute atomic E-state index is 12.9. The van der Waals surface area contributed by atoms with E-state index >= 15 is 0 Å². The molecule has 0 spiro atoms. The van der Waals surface area contributed by atoms with Gasteiger partial charge in [0.05, 0.1) is 4.90 Å². The molecule has 0 atom stereocenters. The first kappa shape index (κ1) is 18.7. The van der Waals surface area contributed by atoms with Crippen LogP contribution in [-0.2, 0) is 22.9 Å². The molecule has 0 aromatic heterocycles. The van der Waals surface area contributed by atoms with Crippen molar-refractivity contribution in [2.75, 3.05) is 12.4 Å². The predicted octanol–water partition coefficient (Wildman–Crippen LogP) is 3.72. The molecule has 1 aliphatic carbocycles. The van der Waals surface area contributed by atoms with Gasteiger partial charge in [-0.15, -0.1) is 0 Å². The SMILES string of the molecule is CNS(=O)(=O)c1cc(C(=O)Nc2ccc3c4c(cccc24)CC3)cc(C)c1C. The topological polar surface area (TPSA) is 75.3 Å². The number of anilines is 1. The maximum atomic E-state index is 12.9. The Kier molecular flexibility index (Phi) is 4.48. The molecule has 2 N–H and O–H groups in total. The van der Waals surface area contributed by atoms with Crippen molar-refractivity contribution < 1.29 is 13.2 Å².